The van der Waals surface area contributed by atoms with Crippen LogP contribution in [0, 0.1) is 0 Å². The number of likely N-dealkylation sites (tertiary alicyclic amines) is 1. The largest absolute Gasteiger partial charge is 0.444 e. The molecule has 0 radical (unpaired) electrons. The Labute approximate surface area is 367 Å². The number of halogens is 5. The minimum atomic E-state index is -4.59. The van der Waals surface area contributed by atoms with E-state index in [2.05, 4.69) is 38.3 Å². The van der Waals surface area contributed by atoms with E-state index in [0.717, 1.165) is 55.1 Å². The van der Waals surface area contributed by atoms with E-state index in [9.17, 15) is 32.3 Å². The molecule has 0 aliphatic carbocycles. The van der Waals surface area contributed by atoms with Gasteiger partial charge in [-0.25, -0.2) is 9.59 Å². The zero-order valence-corrected chi connectivity index (χ0v) is 38.8. The number of fused-ring (bicyclic) bond motifs is 2. The maximum Gasteiger partial charge on any atom is 0.416 e. The van der Waals surface area contributed by atoms with E-state index in [1.54, 1.807) is 37.5 Å². The number of hydrogen-bond donors (Lipinski definition) is 1. The molecule has 1 fully saturated rings. The Balaban J connectivity index is 0.000000381. The monoisotopic (exact) mass is 947 g/mol. The van der Waals surface area contributed by atoms with E-state index in [0.29, 0.717) is 25.2 Å². The van der Waals surface area contributed by atoms with E-state index in [1.165, 1.54) is 4.57 Å². The van der Waals surface area contributed by atoms with Crippen LogP contribution in [0.4, 0.5) is 28.4 Å². The van der Waals surface area contributed by atoms with Crippen LogP contribution in [0.3, 0.4) is 0 Å². The number of aromatic nitrogens is 4. The molecule has 0 spiro atoms. The lowest BCUT2D eigenvalue weighted by Crippen LogP contribution is -2.38. The third kappa shape index (κ3) is 13.5. The predicted molar refractivity (Wildman–Crippen MR) is 227 cm³/mol. The molecule has 1 N–H and O–H groups in total. The standard InChI is InChI=1S/C27H31BrClF3N6O5.C14H27NO3/c1-6-10-36(25(41)43-26(3,4)5)11-9-18-20-21(14(2)42-18)37(24-34-23(28)35-38(24)22(20)40)13-19(39)33-17-8-7-15(12-16(17)29)27(30,31)32;1-6-17-14(5)8-7-10-15(11-9-14)12(16)18-13(2,3)4/h7-8,12,14,18H,6,9-11,13H2,1-5H3,(H,33,39);6-11H2,1-5H3. The molecule has 0 bridgehead atoms. The second kappa shape index (κ2) is 20.1. The Kier molecular flexibility index (Phi) is 16.3. The number of rotatable bonds is 10. The summed E-state index contributed by atoms with van der Waals surface area (Å²) in [5.74, 6) is -0.579. The highest BCUT2D eigenvalue weighted by molar-refractivity contribution is 9.10. The van der Waals surface area contributed by atoms with Gasteiger partial charge >= 0.3 is 18.4 Å². The molecule has 4 heterocycles. The van der Waals surface area contributed by atoms with Gasteiger partial charge in [-0.3, -0.25) is 9.59 Å². The van der Waals surface area contributed by atoms with Crippen molar-refractivity contribution in [2.75, 3.05) is 38.1 Å². The Morgan fingerprint density at radius 1 is 1.05 bits per heavy atom. The summed E-state index contributed by atoms with van der Waals surface area (Å²) in [6, 6.07) is 2.60. The molecular weight excluding hydrogens is 891 g/mol. The second-order valence-corrected chi connectivity index (χ2v) is 18.4. The number of carbonyl (C=O) groups is 3. The summed E-state index contributed by atoms with van der Waals surface area (Å²) in [5, 5.41) is 6.36. The molecule has 3 atom stereocenters. The minimum absolute atomic E-state index is 0.0173. The Hall–Kier alpha value is -3.94. The third-order valence-electron chi connectivity index (χ3n) is 9.74. The van der Waals surface area contributed by atoms with Crippen LogP contribution in [0.15, 0.2) is 27.7 Å². The number of hydrogen-bond acceptors (Lipinski definition) is 10. The van der Waals surface area contributed by atoms with E-state index < -0.39 is 52.7 Å². The fourth-order valence-corrected chi connectivity index (χ4v) is 7.64. The summed E-state index contributed by atoms with van der Waals surface area (Å²) < 4.78 is 64.6. The normalized spacial score (nSPS) is 19.4. The molecule has 1 aromatic carbocycles. The molecule has 15 nitrogen and oxygen atoms in total. The van der Waals surface area contributed by atoms with E-state index in [4.69, 9.17) is 30.5 Å². The molecule has 20 heteroatoms. The van der Waals surface area contributed by atoms with Gasteiger partial charge in [0.25, 0.3) is 5.56 Å². The quantitative estimate of drug-likeness (QED) is 0.208. The van der Waals surface area contributed by atoms with Gasteiger partial charge in [0.05, 0.1) is 45.3 Å². The van der Waals surface area contributed by atoms with Crippen LogP contribution in [0.1, 0.15) is 130 Å². The van der Waals surface area contributed by atoms with Crippen molar-refractivity contribution in [3.63, 3.8) is 0 Å². The average molecular weight is 949 g/mol. The average Bonchev–Trinajstić information content (AvgIpc) is 3.61. The van der Waals surface area contributed by atoms with Crippen LogP contribution in [0.2, 0.25) is 5.02 Å². The van der Waals surface area contributed by atoms with Gasteiger partial charge in [0.1, 0.15) is 17.7 Å². The van der Waals surface area contributed by atoms with Crippen LogP contribution >= 0.6 is 27.5 Å². The number of ether oxygens (including phenoxy) is 4. The minimum Gasteiger partial charge on any atom is -0.444 e. The van der Waals surface area contributed by atoms with Crippen molar-refractivity contribution in [2.45, 2.75) is 143 Å². The molecule has 2 aliphatic heterocycles. The molecule has 3 unspecified atom stereocenters. The predicted octanol–water partition coefficient (Wildman–Crippen LogP) is 9.34. The van der Waals surface area contributed by atoms with Crippen LogP contribution in [0.25, 0.3) is 5.78 Å². The summed E-state index contributed by atoms with van der Waals surface area (Å²) in [7, 11) is 0. The molecular formula is C41H58BrClF3N7O8. The van der Waals surface area contributed by atoms with Crippen molar-refractivity contribution in [1.82, 2.24) is 29.0 Å². The number of anilines is 1. The Morgan fingerprint density at radius 2 is 1.72 bits per heavy atom. The number of nitrogens with zero attached hydrogens (tertiary/aromatic N) is 6. The number of carbonyl (C=O) groups excluding carboxylic acids is 3. The van der Waals surface area contributed by atoms with E-state index in [-0.39, 0.29) is 58.0 Å². The molecule has 3 aromatic rings. The summed E-state index contributed by atoms with van der Waals surface area (Å²) >= 11 is 9.20. The van der Waals surface area contributed by atoms with Crippen molar-refractivity contribution >= 4 is 57.1 Å². The third-order valence-corrected chi connectivity index (χ3v) is 10.4. The fraction of sp³-hybridized carbons (Fsp3) is 0.659. The summed E-state index contributed by atoms with van der Waals surface area (Å²) in [5.41, 5.74) is -1.99. The van der Waals surface area contributed by atoms with Gasteiger partial charge in [-0.1, -0.05) is 18.5 Å². The van der Waals surface area contributed by atoms with Crippen molar-refractivity contribution in [1.29, 1.82) is 0 Å². The maximum atomic E-state index is 13.6. The van der Waals surface area contributed by atoms with Crippen LogP contribution in [-0.2, 0) is 36.5 Å². The van der Waals surface area contributed by atoms with Crippen molar-refractivity contribution < 1.29 is 46.5 Å². The molecule has 1 saturated heterocycles. The molecule has 2 aromatic heterocycles. The van der Waals surface area contributed by atoms with Gasteiger partial charge in [0.2, 0.25) is 16.4 Å². The number of alkyl halides is 3. The van der Waals surface area contributed by atoms with E-state index in [1.807, 2.05) is 34.6 Å². The zero-order chi connectivity index (χ0) is 45.7. The lowest BCUT2D eigenvalue weighted by molar-refractivity contribution is -0.137. The maximum absolute atomic E-state index is 13.6. The van der Waals surface area contributed by atoms with Crippen molar-refractivity contribution in [3.05, 3.63) is 55.1 Å². The lowest BCUT2D eigenvalue weighted by atomic mass is 9.97. The molecule has 3 amide bonds. The van der Waals surface area contributed by atoms with Crippen molar-refractivity contribution in [2.24, 2.45) is 0 Å². The lowest BCUT2D eigenvalue weighted by Gasteiger charge is -2.29. The first kappa shape index (κ1) is 49.7. The SMILES string of the molecule is CCCN(CCC1OC(C)c2c1c(=O)n1nc(Br)nc1n2CC(=O)Nc1ccc(C(F)(F)F)cc1Cl)C(=O)OC(C)(C)C.CCOC1(C)CCCN(C(=O)OC(C)(C)C)CC1. The summed E-state index contributed by atoms with van der Waals surface area (Å²) in [6.45, 7) is 21.3. The van der Waals surface area contributed by atoms with Crippen LogP contribution < -0.4 is 10.9 Å². The van der Waals surface area contributed by atoms with Gasteiger partial charge in [-0.2, -0.15) is 22.7 Å². The highest BCUT2D eigenvalue weighted by Gasteiger charge is 2.38. The molecule has 2 aliphatic rings. The topological polar surface area (TPSA) is 159 Å². The molecule has 5 rings (SSSR count). The van der Waals surface area contributed by atoms with Gasteiger partial charge in [0, 0.05) is 32.8 Å². The summed E-state index contributed by atoms with van der Waals surface area (Å²) in [6.07, 6.45) is -2.85. The zero-order valence-electron chi connectivity index (χ0n) is 36.5. The van der Waals surface area contributed by atoms with Gasteiger partial charge in [-0.15, -0.1) is 5.10 Å². The first-order valence-corrected chi connectivity index (χ1v) is 21.5. The fourth-order valence-electron chi connectivity index (χ4n) is 7.10. The summed E-state index contributed by atoms with van der Waals surface area (Å²) in [4.78, 5) is 59.2. The highest BCUT2D eigenvalue weighted by atomic mass is 79.9. The van der Waals surface area contributed by atoms with Crippen LogP contribution in [-0.4, -0.2) is 96.6 Å². The first-order valence-electron chi connectivity index (χ1n) is 20.4. The smallest absolute Gasteiger partial charge is 0.416 e. The highest BCUT2D eigenvalue weighted by Crippen LogP contribution is 2.40. The van der Waals surface area contributed by atoms with Gasteiger partial charge in [0.15, 0.2) is 0 Å². The Morgan fingerprint density at radius 3 is 2.31 bits per heavy atom. The molecule has 340 valence electrons. The van der Waals surface area contributed by atoms with Gasteiger partial charge in [-0.05, 0) is 129 Å². The number of amides is 3. The van der Waals surface area contributed by atoms with Crippen LogP contribution in [0.5, 0.6) is 0 Å². The number of nitrogens with one attached hydrogen (secondary N) is 1. The molecule has 61 heavy (non-hydrogen) atoms. The first-order chi connectivity index (χ1) is 28.3. The Bertz CT molecular complexity index is 2100. The second-order valence-electron chi connectivity index (χ2n) is 17.3. The van der Waals surface area contributed by atoms with E-state index >= 15 is 0 Å². The molecule has 0 saturated carbocycles. The van der Waals surface area contributed by atoms with Crippen molar-refractivity contribution in [3.8, 4) is 0 Å². The van der Waals surface area contributed by atoms with Gasteiger partial charge < -0.3 is 38.6 Å². The number of benzene rings is 1.